The molecule has 0 saturated heterocycles. The van der Waals surface area contributed by atoms with Crippen LogP contribution in [0.4, 0.5) is 0 Å². The Balaban J connectivity index is 1.88. The van der Waals surface area contributed by atoms with E-state index in [0.29, 0.717) is 6.54 Å². The zero-order valence-corrected chi connectivity index (χ0v) is 11.6. The van der Waals surface area contributed by atoms with Crippen molar-refractivity contribution in [1.82, 2.24) is 9.78 Å². The highest BCUT2D eigenvalue weighted by Gasteiger charge is 2.09. The Morgan fingerprint density at radius 1 is 1.26 bits per heavy atom. The van der Waals surface area contributed by atoms with Gasteiger partial charge in [-0.1, -0.05) is 12.1 Å². The van der Waals surface area contributed by atoms with Gasteiger partial charge in [0.05, 0.1) is 12.2 Å². The second kappa shape index (κ2) is 5.89. The van der Waals surface area contributed by atoms with Gasteiger partial charge in [-0.15, -0.1) is 0 Å². The standard InChI is InChI=1S/C15H20N2O2/c1-11-5-4-6-15(7-11)19-10-14(18)9-17-13(3)8-12(2)16-17/h4-8,14,18H,9-10H2,1-3H3/t14-/m0/s1. The first-order valence-corrected chi connectivity index (χ1v) is 6.43. The molecule has 1 heterocycles. The molecule has 2 rings (SSSR count). The van der Waals surface area contributed by atoms with E-state index in [0.717, 1.165) is 22.7 Å². The fourth-order valence-electron chi connectivity index (χ4n) is 2.01. The summed E-state index contributed by atoms with van der Waals surface area (Å²) in [5.41, 5.74) is 3.15. The van der Waals surface area contributed by atoms with Crippen molar-refractivity contribution in [2.24, 2.45) is 0 Å². The van der Waals surface area contributed by atoms with Crippen LogP contribution in [0.1, 0.15) is 17.0 Å². The Morgan fingerprint density at radius 2 is 2.05 bits per heavy atom. The van der Waals surface area contributed by atoms with Crippen molar-refractivity contribution in [1.29, 1.82) is 0 Å². The number of aromatic nitrogens is 2. The van der Waals surface area contributed by atoms with Crippen LogP contribution in [-0.2, 0) is 6.54 Å². The van der Waals surface area contributed by atoms with E-state index in [2.05, 4.69) is 5.10 Å². The van der Waals surface area contributed by atoms with Crippen LogP contribution >= 0.6 is 0 Å². The molecule has 0 fully saturated rings. The van der Waals surface area contributed by atoms with Crippen LogP contribution in [0.15, 0.2) is 30.3 Å². The maximum Gasteiger partial charge on any atom is 0.119 e. The summed E-state index contributed by atoms with van der Waals surface area (Å²) >= 11 is 0. The number of aryl methyl sites for hydroxylation is 3. The molecule has 1 atom stereocenters. The van der Waals surface area contributed by atoms with E-state index >= 15 is 0 Å². The fraction of sp³-hybridized carbons (Fsp3) is 0.400. The van der Waals surface area contributed by atoms with Gasteiger partial charge >= 0.3 is 0 Å². The van der Waals surface area contributed by atoms with Crippen LogP contribution in [-0.4, -0.2) is 27.6 Å². The minimum Gasteiger partial charge on any atom is -0.491 e. The minimum atomic E-state index is -0.571. The van der Waals surface area contributed by atoms with Crippen molar-refractivity contribution in [2.75, 3.05) is 6.61 Å². The highest BCUT2D eigenvalue weighted by Crippen LogP contribution is 2.13. The summed E-state index contributed by atoms with van der Waals surface area (Å²) in [5, 5.41) is 14.3. The molecule has 4 nitrogen and oxygen atoms in total. The van der Waals surface area contributed by atoms with Crippen LogP contribution in [0.5, 0.6) is 5.75 Å². The molecule has 0 spiro atoms. The van der Waals surface area contributed by atoms with Gasteiger partial charge < -0.3 is 9.84 Å². The van der Waals surface area contributed by atoms with Gasteiger partial charge in [-0.3, -0.25) is 4.68 Å². The van der Waals surface area contributed by atoms with Crippen LogP contribution in [0.2, 0.25) is 0 Å². The molecule has 4 heteroatoms. The molecule has 102 valence electrons. The molecule has 0 aliphatic heterocycles. The maximum absolute atomic E-state index is 9.98. The van der Waals surface area contributed by atoms with Crippen LogP contribution in [0, 0.1) is 20.8 Å². The Hall–Kier alpha value is -1.81. The molecule has 0 aliphatic rings. The Labute approximate surface area is 113 Å². The highest BCUT2D eigenvalue weighted by molar-refractivity contribution is 5.27. The number of aliphatic hydroxyl groups excluding tert-OH is 1. The van der Waals surface area contributed by atoms with Crippen molar-refractivity contribution in [3.05, 3.63) is 47.3 Å². The molecular formula is C15H20N2O2. The summed E-state index contributed by atoms with van der Waals surface area (Å²) in [7, 11) is 0. The van der Waals surface area contributed by atoms with E-state index in [1.54, 1.807) is 4.68 Å². The van der Waals surface area contributed by atoms with Crippen molar-refractivity contribution < 1.29 is 9.84 Å². The lowest BCUT2D eigenvalue weighted by molar-refractivity contribution is 0.0887. The third-order valence-corrected chi connectivity index (χ3v) is 2.92. The number of benzene rings is 1. The SMILES string of the molecule is Cc1cccc(OC[C@@H](O)Cn2nc(C)cc2C)c1. The van der Waals surface area contributed by atoms with Gasteiger partial charge in [0.25, 0.3) is 0 Å². The van der Waals surface area contributed by atoms with Crippen molar-refractivity contribution in [2.45, 2.75) is 33.4 Å². The number of nitrogens with zero attached hydrogens (tertiary/aromatic N) is 2. The van der Waals surface area contributed by atoms with Crippen LogP contribution in [0.3, 0.4) is 0 Å². The Kier molecular flexibility index (Phi) is 4.22. The monoisotopic (exact) mass is 260 g/mol. The van der Waals surface area contributed by atoms with Crippen LogP contribution in [0.25, 0.3) is 0 Å². The molecule has 1 N–H and O–H groups in total. The van der Waals surface area contributed by atoms with Crippen molar-refractivity contribution in [3.8, 4) is 5.75 Å². The zero-order chi connectivity index (χ0) is 13.8. The number of hydrogen-bond acceptors (Lipinski definition) is 3. The van der Waals surface area contributed by atoms with Gasteiger partial charge in [-0.2, -0.15) is 5.10 Å². The lowest BCUT2D eigenvalue weighted by Gasteiger charge is -2.13. The molecular weight excluding hydrogens is 240 g/mol. The first kappa shape index (κ1) is 13.6. The molecule has 0 amide bonds. The average Bonchev–Trinajstić information content (AvgIpc) is 2.65. The topological polar surface area (TPSA) is 47.3 Å². The van der Waals surface area contributed by atoms with Gasteiger partial charge in [-0.05, 0) is 44.5 Å². The predicted octanol–water partition coefficient (Wildman–Crippen LogP) is 2.25. The summed E-state index contributed by atoms with van der Waals surface area (Å²) in [6, 6.07) is 9.80. The minimum absolute atomic E-state index is 0.266. The lowest BCUT2D eigenvalue weighted by Crippen LogP contribution is -2.24. The molecule has 2 aromatic rings. The molecule has 0 aliphatic carbocycles. The lowest BCUT2D eigenvalue weighted by atomic mass is 10.2. The molecule has 1 aromatic carbocycles. The summed E-state index contributed by atoms with van der Waals surface area (Å²) in [5.74, 6) is 0.785. The second-order valence-electron chi connectivity index (χ2n) is 4.89. The van der Waals surface area contributed by atoms with E-state index in [9.17, 15) is 5.11 Å². The fourth-order valence-corrected chi connectivity index (χ4v) is 2.01. The van der Waals surface area contributed by atoms with E-state index in [1.807, 2.05) is 51.1 Å². The van der Waals surface area contributed by atoms with Crippen molar-refractivity contribution in [3.63, 3.8) is 0 Å². The third kappa shape index (κ3) is 3.83. The molecule has 0 radical (unpaired) electrons. The summed E-state index contributed by atoms with van der Waals surface area (Å²) in [6.07, 6.45) is -0.571. The highest BCUT2D eigenvalue weighted by atomic mass is 16.5. The maximum atomic E-state index is 9.98. The summed E-state index contributed by atoms with van der Waals surface area (Å²) in [4.78, 5) is 0. The third-order valence-electron chi connectivity index (χ3n) is 2.92. The predicted molar refractivity (Wildman–Crippen MR) is 74.4 cm³/mol. The Bertz CT molecular complexity index is 549. The van der Waals surface area contributed by atoms with Gasteiger partial charge in [0.2, 0.25) is 0 Å². The number of rotatable bonds is 5. The van der Waals surface area contributed by atoms with Gasteiger partial charge in [0, 0.05) is 5.69 Å². The smallest absolute Gasteiger partial charge is 0.119 e. The van der Waals surface area contributed by atoms with Gasteiger partial charge in [0.15, 0.2) is 0 Å². The van der Waals surface area contributed by atoms with Crippen molar-refractivity contribution >= 4 is 0 Å². The summed E-state index contributed by atoms with van der Waals surface area (Å²) < 4.78 is 7.38. The number of aliphatic hydroxyl groups is 1. The second-order valence-corrected chi connectivity index (χ2v) is 4.89. The molecule has 1 aromatic heterocycles. The van der Waals surface area contributed by atoms with E-state index in [-0.39, 0.29) is 6.61 Å². The summed E-state index contributed by atoms with van der Waals surface area (Å²) in [6.45, 7) is 6.65. The molecule has 0 bridgehead atoms. The Morgan fingerprint density at radius 3 is 2.68 bits per heavy atom. The van der Waals surface area contributed by atoms with Gasteiger partial charge in [0.1, 0.15) is 18.5 Å². The molecule has 19 heavy (non-hydrogen) atoms. The zero-order valence-electron chi connectivity index (χ0n) is 11.6. The van der Waals surface area contributed by atoms with Gasteiger partial charge in [-0.25, -0.2) is 0 Å². The van der Waals surface area contributed by atoms with E-state index in [4.69, 9.17) is 4.74 Å². The molecule has 0 saturated carbocycles. The number of hydrogen-bond donors (Lipinski definition) is 1. The van der Waals surface area contributed by atoms with E-state index < -0.39 is 6.10 Å². The van der Waals surface area contributed by atoms with E-state index in [1.165, 1.54) is 0 Å². The first-order valence-electron chi connectivity index (χ1n) is 6.43. The molecule has 0 unspecified atom stereocenters. The first-order chi connectivity index (χ1) is 9.04. The quantitative estimate of drug-likeness (QED) is 0.897. The largest absolute Gasteiger partial charge is 0.491 e. The average molecular weight is 260 g/mol. The number of ether oxygens (including phenoxy) is 1. The normalized spacial score (nSPS) is 12.4. The van der Waals surface area contributed by atoms with Crippen LogP contribution < -0.4 is 4.74 Å².